The number of anilines is 2. The Morgan fingerprint density at radius 1 is 1.11 bits per heavy atom. The highest BCUT2D eigenvalue weighted by molar-refractivity contribution is 5.47. The number of ether oxygens (including phenoxy) is 1. The second kappa shape index (κ2) is 9.55. The summed E-state index contributed by atoms with van der Waals surface area (Å²) in [4.78, 5) is 8.81. The lowest BCUT2D eigenvalue weighted by Gasteiger charge is -2.09. The zero-order valence-electron chi connectivity index (χ0n) is 12.3. The third-order valence-corrected chi connectivity index (χ3v) is 2.80. The van der Waals surface area contributed by atoms with Gasteiger partial charge in [0.2, 0.25) is 0 Å². The smallest absolute Gasteiger partial charge is 0.158 e. The molecule has 0 bridgehead atoms. The highest BCUT2D eigenvalue weighted by Gasteiger charge is 2.03. The molecule has 1 aromatic heterocycles. The van der Waals surface area contributed by atoms with Crippen LogP contribution >= 0.6 is 0 Å². The van der Waals surface area contributed by atoms with Crippen LogP contribution in [-0.4, -0.2) is 30.2 Å². The van der Waals surface area contributed by atoms with Crippen LogP contribution in [0.4, 0.5) is 11.6 Å². The Hall–Kier alpha value is -1.36. The molecule has 0 aliphatic carbocycles. The summed E-state index contributed by atoms with van der Waals surface area (Å²) in [6.07, 6.45) is 4.99. The lowest BCUT2D eigenvalue weighted by Crippen LogP contribution is -2.08. The minimum atomic E-state index is 0.455. The Bertz CT molecular complexity index is 357. The summed E-state index contributed by atoms with van der Waals surface area (Å²) in [7, 11) is 1.86. The first-order chi connectivity index (χ1) is 9.30. The van der Waals surface area contributed by atoms with E-state index in [-0.39, 0.29) is 0 Å². The van der Waals surface area contributed by atoms with Gasteiger partial charge in [0, 0.05) is 26.3 Å². The second-order valence-corrected chi connectivity index (χ2v) is 4.43. The van der Waals surface area contributed by atoms with Gasteiger partial charge in [-0.2, -0.15) is 0 Å². The topological polar surface area (TPSA) is 59.1 Å². The van der Waals surface area contributed by atoms with Gasteiger partial charge < -0.3 is 15.4 Å². The van der Waals surface area contributed by atoms with E-state index in [1.165, 1.54) is 25.7 Å². The first-order valence-corrected chi connectivity index (χ1v) is 7.17. The first-order valence-electron chi connectivity index (χ1n) is 7.17. The lowest BCUT2D eigenvalue weighted by molar-refractivity contribution is 0.128. The van der Waals surface area contributed by atoms with Crippen LogP contribution in [0, 0.1) is 0 Å². The third-order valence-electron chi connectivity index (χ3n) is 2.80. The molecule has 5 heteroatoms. The quantitative estimate of drug-likeness (QED) is 0.637. The Balaban J connectivity index is 2.50. The van der Waals surface area contributed by atoms with E-state index >= 15 is 0 Å². The van der Waals surface area contributed by atoms with Crippen LogP contribution in [0.1, 0.15) is 45.4 Å². The van der Waals surface area contributed by atoms with Crippen LogP contribution < -0.4 is 10.6 Å². The first kappa shape index (κ1) is 15.7. The molecule has 0 amide bonds. The highest BCUT2D eigenvalue weighted by Crippen LogP contribution is 2.12. The molecule has 0 saturated heterocycles. The van der Waals surface area contributed by atoms with Crippen LogP contribution in [0.25, 0.3) is 0 Å². The molecule has 0 aliphatic rings. The summed E-state index contributed by atoms with van der Waals surface area (Å²) < 4.78 is 5.35. The molecule has 1 heterocycles. The van der Waals surface area contributed by atoms with Gasteiger partial charge in [0.05, 0.1) is 0 Å². The maximum Gasteiger partial charge on any atom is 0.158 e. The fourth-order valence-corrected chi connectivity index (χ4v) is 1.74. The molecule has 1 aromatic rings. The maximum absolute atomic E-state index is 5.35. The van der Waals surface area contributed by atoms with Crippen molar-refractivity contribution in [3.8, 4) is 0 Å². The second-order valence-electron chi connectivity index (χ2n) is 4.43. The van der Waals surface area contributed by atoms with Crippen molar-refractivity contribution < 1.29 is 4.74 Å². The van der Waals surface area contributed by atoms with Gasteiger partial charge in [0.25, 0.3) is 0 Å². The molecule has 0 aliphatic heterocycles. The van der Waals surface area contributed by atoms with Crippen molar-refractivity contribution in [2.24, 2.45) is 0 Å². The highest BCUT2D eigenvalue weighted by atomic mass is 16.5. The van der Waals surface area contributed by atoms with Gasteiger partial charge in [-0.15, -0.1) is 0 Å². The molecule has 19 heavy (non-hydrogen) atoms. The number of nitrogens with zero attached hydrogens (tertiary/aromatic N) is 2. The van der Waals surface area contributed by atoms with Crippen molar-refractivity contribution in [2.45, 2.75) is 46.1 Å². The summed E-state index contributed by atoms with van der Waals surface area (Å²) in [5.74, 6) is 2.40. The molecule has 0 fully saturated rings. The molecule has 108 valence electrons. The fourth-order valence-electron chi connectivity index (χ4n) is 1.74. The fraction of sp³-hybridized carbons (Fsp3) is 0.714. The number of hydrogen-bond acceptors (Lipinski definition) is 5. The molecule has 2 N–H and O–H groups in total. The van der Waals surface area contributed by atoms with E-state index in [0.29, 0.717) is 19.0 Å². The minimum absolute atomic E-state index is 0.455. The van der Waals surface area contributed by atoms with Crippen molar-refractivity contribution in [1.82, 2.24) is 9.97 Å². The van der Waals surface area contributed by atoms with Gasteiger partial charge in [-0.1, -0.05) is 26.2 Å². The van der Waals surface area contributed by atoms with Gasteiger partial charge in [-0.25, -0.2) is 9.97 Å². The summed E-state index contributed by atoms with van der Waals surface area (Å²) in [6.45, 7) is 6.27. The van der Waals surface area contributed by atoms with Crippen LogP contribution in [0.3, 0.4) is 0 Å². The predicted octanol–water partition coefficient (Wildman–Crippen LogP) is 3.05. The van der Waals surface area contributed by atoms with E-state index in [9.17, 15) is 0 Å². The minimum Gasteiger partial charge on any atom is -0.374 e. The van der Waals surface area contributed by atoms with Gasteiger partial charge in [0.15, 0.2) is 5.82 Å². The molecule has 0 spiro atoms. The van der Waals surface area contributed by atoms with Crippen LogP contribution in [0.5, 0.6) is 0 Å². The molecule has 0 unspecified atom stereocenters. The zero-order chi connectivity index (χ0) is 13.9. The van der Waals surface area contributed by atoms with Crippen LogP contribution in [0.15, 0.2) is 6.07 Å². The molecular weight excluding hydrogens is 240 g/mol. The molecule has 0 saturated carbocycles. The number of aromatic nitrogens is 2. The van der Waals surface area contributed by atoms with E-state index in [4.69, 9.17) is 4.74 Å². The molecular formula is C14H26N4O. The Labute approximate surface area is 116 Å². The Kier molecular flexibility index (Phi) is 7.89. The Morgan fingerprint density at radius 2 is 1.89 bits per heavy atom. The molecule has 5 nitrogen and oxygen atoms in total. The van der Waals surface area contributed by atoms with E-state index in [2.05, 4.69) is 27.5 Å². The summed E-state index contributed by atoms with van der Waals surface area (Å²) >= 11 is 0. The van der Waals surface area contributed by atoms with Crippen molar-refractivity contribution in [1.29, 1.82) is 0 Å². The van der Waals surface area contributed by atoms with E-state index in [0.717, 1.165) is 18.2 Å². The van der Waals surface area contributed by atoms with E-state index in [1.54, 1.807) is 0 Å². The number of nitrogens with one attached hydrogen (secondary N) is 2. The van der Waals surface area contributed by atoms with Crippen LogP contribution in [-0.2, 0) is 11.3 Å². The average Bonchev–Trinajstić information content (AvgIpc) is 2.44. The summed E-state index contributed by atoms with van der Waals surface area (Å²) in [6, 6.07) is 1.93. The van der Waals surface area contributed by atoms with Gasteiger partial charge in [0.1, 0.15) is 18.2 Å². The zero-order valence-corrected chi connectivity index (χ0v) is 12.3. The summed E-state index contributed by atoms with van der Waals surface area (Å²) in [5.41, 5.74) is 0. The van der Waals surface area contributed by atoms with Gasteiger partial charge in [-0.05, 0) is 13.3 Å². The van der Waals surface area contributed by atoms with E-state index in [1.807, 2.05) is 20.0 Å². The van der Waals surface area contributed by atoms with Gasteiger partial charge >= 0.3 is 0 Å². The predicted molar refractivity (Wildman–Crippen MR) is 79.5 cm³/mol. The Morgan fingerprint density at radius 3 is 2.58 bits per heavy atom. The molecule has 0 atom stereocenters. The van der Waals surface area contributed by atoms with Crippen molar-refractivity contribution in [3.05, 3.63) is 11.9 Å². The SMILES string of the molecule is CCCCCCNc1cc(NC)nc(COCC)n1. The molecule has 0 aromatic carbocycles. The average molecular weight is 266 g/mol. The van der Waals surface area contributed by atoms with E-state index < -0.39 is 0 Å². The lowest BCUT2D eigenvalue weighted by atomic mass is 10.2. The number of rotatable bonds is 10. The normalized spacial score (nSPS) is 10.5. The molecule has 0 radical (unpaired) electrons. The summed E-state index contributed by atoms with van der Waals surface area (Å²) in [5, 5.41) is 6.40. The molecule has 1 rings (SSSR count). The van der Waals surface area contributed by atoms with Gasteiger partial charge in [-0.3, -0.25) is 0 Å². The van der Waals surface area contributed by atoms with Crippen molar-refractivity contribution >= 4 is 11.6 Å². The largest absolute Gasteiger partial charge is 0.374 e. The van der Waals surface area contributed by atoms with Crippen molar-refractivity contribution in [2.75, 3.05) is 30.8 Å². The number of hydrogen-bond donors (Lipinski definition) is 2. The standard InChI is InChI=1S/C14H26N4O/c1-4-6-7-8-9-16-13-10-12(15-3)17-14(18-13)11-19-5-2/h10H,4-9,11H2,1-3H3,(H2,15,16,17,18). The van der Waals surface area contributed by atoms with Crippen LogP contribution in [0.2, 0.25) is 0 Å². The maximum atomic E-state index is 5.35. The van der Waals surface area contributed by atoms with Crippen molar-refractivity contribution in [3.63, 3.8) is 0 Å². The third kappa shape index (κ3) is 6.38. The number of unbranched alkanes of at least 4 members (excludes halogenated alkanes) is 3. The monoisotopic (exact) mass is 266 g/mol.